The van der Waals surface area contributed by atoms with Gasteiger partial charge in [0.25, 0.3) is 5.89 Å². The molecule has 8 rings (SSSR count). The monoisotopic (exact) mass is 581 g/mol. The highest BCUT2D eigenvalue weighted by Gasteiger charge is 2.58. The fourth-order valence-electron chi connectivity index (χ4n) is 6.85. The number of aromatic nitrogens is 4. The molecule has 4 aromatic rings. The Kier molecular flexibility index (Phi) is 6.48. The number of carbonyl (C=O) groups is 1. The number of nitrogens with one attached hydrogen (secondary N) is 2. The molecule has 3 aliphatic carbocycles. The standard InChI is InChI=1S/C32H35N7O4/c1-31(2)24-12-20(10-11-21(24)29(41)42-31)34-30-33-16-23(26(37-30)35-25(17-40)18-8-6-5-7-9-18)28-36-27(38-43-28)22-15-32(39(3)4)13-19(22)14-32/h5-12,16,19,22,25,40H,13-15,17H2,1-4H3,(H2,33,34,35,37)/t19?,22-,25-,32?/m1/s1. The zero-order valence-electron chi connectivity index (χ0n) is 24.7. The van der Waals surface area contributed by atoms with Crippen LogP contribution < -0.4 is 10.6 Å². The highest BCUT2D eigenvalue weighted by atomic mass is 16.6. The number of fused-ring (bicyclic) bond motifs is 2. The van der Waals surface area contributed by atoms with E-state index in [1.807, 2.05) is 50.2 Å². The molecule has 0 unspecified atom stereocenters. The fourth-order valence-corrected chi connectivity index (χ4v) is 6.85. The second kappa shape index (κ2) is 10.1. The van der Waals surface area contributed by atoms with E-state index in [2.05, 4.69) is 39.8 Å². The summed E-state index contributed by atoms with van der Waals surface area (Å²) < 4.78 is 11.3. The maximum absolute atomic E-state index is 12.2. The molecule has 4 aliphatic rings. The van der Waals surface area contributed by atoms with E-state index >= 15 is 0 Å². The minimum Gasteiger partial charge on any atom is -0.451 e. The first kappa shape index (κ1) is 27.5. The zero-order valence-corrected chi connectivity index (χ0v) is 24.7. The van der Waals surface area contributed by atoms with Crippen LogP contribution in [0.25, 0.3) is 11.5 Å². The van der Waals surface area contributed by atoms with Crippen LogP contribution >= 0.6 is 0 Å². The van der Waals surface area contributed by atoms with Crippen LogP contribution in [-0.2, 0) is 10.3 Å². The summed E-state index contributed by atoms with van der Waals surface area (Å²) in [5, 5.41) is 21.3. The lowest BCUT2D eigenvalue weighted by Gasteiger charge is -2.44. The molecule has 222 valence electrons. The van der Waals surface area contributed by atoms with Crippen molar-refractivity contribution in [3.63, 3.8) is 0 Å². The van der Waals surface area contributed by atoms with E-state index < -0.39 is 11.6 Å². The molecule has 0 radical (unpaired) electrons. The van der Waals surface area contributed by atoms with Gasteiger partial charge in [0.2, 0.25) is 5.95 Å². The molecule has 0 amide bonds. The van der Waals surface area contributed by atoms with Crippen LogP contribution in [0.2, 0.25) is 0 Å². The van der Waals surface area contributed by atoms with Gasteiger partial charge in [-0.3, -0.25) is 0 Å². The lowest BCUT2D eigenvalue weighted by Crippen LogP contribution is -2.47. The fraction of sp³-hybridized carbons (Fsp3) is 0.406. The normalized spacial score (nSPS) is 23.9. The van der Waals surface area contributed by atoms with Crippen molar-refractivity contribution in [3.05, 3.63) is 77.2 Å². The lowest BCUT2D eigenvalue weighted by molar-refractivity contribution is 0.00954. The highest BCUT2D eigenvalue weighted by Crippen LogP contribution is 2.61. The van der Waals surface area contributed by atoms with Crippen LogP contribution in [0.5, 0.6) is 0 Å². The number of hydrogen-bond donors (Lipinski definition) is 3. The second-order valence-corrected chi connectivity index (χ2v) is 12.6. The minimum absolute atomic E-state index is 0.157. The number of anilines is 3. The molecule has 2 bridgehead atoms. The Balaban J connectivity index is 1.21. The van der Waals surface area contributed by atoms with Crippen molar-refractivity contribution < 1.29 is 19.2 Å². The van der Waals surface area contributed by atoms with E-state index in [1.54, 1.807) is 18.3 Å². The Morgan fingerprint density at radius 2 is 1.86 bits per heavy atom. The molecule has 0 saturated heterocycles. The third kappa shape index (κ3) is 4.72. The molecule has 3 fully saturated rings. The van der Waals surface area contributed by atoms with Gasteiger partial charge in [0.15, 0.2) is 5.82 Å². The van der Waals surface area contributed by atoms with Gasteiger partial charge in [-0.2, -0.15) is 9.97 Å². The molecule has 11 heteroatoms. The molecular weight excluding hydrogens is 546 g/mol. The Bertz CT molecular complexity index is 1680. The van der Waals surface area contributed by atoms with Gasteiger partial charge < -0.3 is 29.9 Å². The van der Waals surface area contributed by atoms with Gasteiger partial charge in [-0.1, -0.05) is 35.5 Å². The summed E-state index contributed by atoms with van der Waals surface area (Å²) >= 11 is 0. The summed E-state index contributed by atoms with van der Waals surface area (Å²) in [6.07, 6.45) is 4.97. The highest BCUT2D eigenvalue weighted by molar-refractivity contribution is 5.95. The Morgan fingerprint density at radius 1 is 1.07 bits per heavy atom. The molecule has 43 heavy (non-hydrogen) atoms. The topological polar surface area (TPSA) is 139 Å². The average Bonchev–Trinajstić information content (AvgIpc) is 3.74. The number of carbonyl (C=O) groups excluding carboxylic acids is 1. The number of nitrogens with zero attached hydrogens (tertiary/aromatic N) is 5. The van der Waals surface area contributed by atoms with Gasteiger partial charge in [-0.25, -0.2) is 9.78 Å². The Morgan fingerprint density at radius 3 is 2.58 bits per heavy atom. The predicted octanol–water partition coefficient (Wildman–Crippen LogP) is 5.02. The van der Waals surface area contributed by atoms with Crippen molar-refractivity contribution in [1.82, 2.24) is 25.0 Å². The summed E-state index contributed by atoms with van der Waals surface area (Å²) in [6, 6.07) is 14.7. The van der Waals surface area contributed by atoms with E-state index in [1.165, 1.54) is 0 Å². The molecule has 2 atom stereocenters. The molecular formula is C32H35N7O4. The number of aliphatic hydroxyl groups is 1. The predicted molar refractivity (Wildman–Crippen MR) is 160 cm³/mol. The maximum Gasteiger partial charge on any atom is 0.339 e. The van der Waals surface area contributed by atoms with Crippen LogP contribution in [0.4, 0.5) is 17.5 Å². The Hall–Kier alpha value is -4.35. The van der Waals surface area contributed by atoms with Crippen LogP contribution in [0, 0.1) is 5.92 Å². The van der Waals surface area contributed by atoms with Crippen molar-refractivity contribution in [2.45, 2.75) is 56.2 Å². The van der Waals surface area contributed by atoms with E-state index in [0.29, 0.717) is 46.2 Å². The van der Waals surface area contributed by atoms with E-state index in [9.17, 15) is 9.90 Å². The molecule has 11 nitrogen and oxygen atoms in total. The lowest BCUT2D eigenvalue weighted by atomic mass is 9.75. The van der Waals surface area contributed by atoms with Gasteiger partial charge in [-0.05, 0) is 76.9 Å². The van der Waals surface area contributed by atoms with Gasteiger partial charge in [0.05, 0.1) is 18.2 Å². The molecule has 1 aliphatic heterocycles. The van der Waals surface area contributed by atoms with Gasteiger partial charge in [0.1, 0.15) is 17.0 Å². The van der Waals surface area contributed by atoms with Crippen LogP contribution in [0.3, 0.4) is 0 Å². The van der Waals surface area contributed by atoms with Crippen LogP contribution in [0.1, 0.15) is 72.4 Å². The molecule has 3 saturated carbocycles. The van der Waals surface area contributed by atoms with Crippen molar-refractivity contribution in [2.75, 3.05) is 31.3 Å². The number of rotatable bonds is 9. The van der Waals surface area contributed by atoms with Crippen molar-refractivity contribution in [3.8, 4) is 11.5 Å². The maximum atomic E-state index is 12.2. The molecule has 0 spiro atoms. The minimum atomic E-state index is -0.729. The molecule has 2 aromatic heterocycles. The molecule has 3 heterocycles. The first-order valence-corrected chi connectivity index (χ1v) is 14.6. The van der Waals surface area contributed by atoms with Crippen LogP contribution in [0.15, 0.2) is 59.3 Å². The first-order valence-electron chi connectivity index (χ1n) is 14.6. The van der Waals surface area contributed by atoms with E-state index in [0.717, 1.165) is 30.4 Å². The van der Waals surface area contributed by atoms with Crippen LogP contribution in [-0.4, -0.2) is 62.3 Å². The first-order chi connectivity index (χ1) is 20.7. The summed E-state index contributed by atoms with van der Waals surface area (Å²) in [4.78, 5) is 28.8. The quantitative estimate of drug-likeness (QED) is 0.230. The van der Waals surface area contributed by atoms with Crippen molar-refractivity contribution in [1.29, 1.82) is 0 Å². The number of benzene rings is 2. The van der Waals surface area contributed by atoms with E-state index in [-0.39, 0.29) is 24.0 Å². The Labute approximate surface area is 249 Å². The van der Waals surface area contributed by atoms with Gasteiger partial charge in [-0.15, -0.1) is 0 Å². The summed E-state index contributed by atoms with van der Waals surface area (Å²) in [5.74, 6) is 2.29. The van der Waals surface area contributed by atoms with Crippen molar-refractivity contribution in [2.24, 2.45) is 5.92 Å². The molecule has 2 aromatic carbocycles. The van der Waals surface area contributed by atoms with Crippen molar-refractivity contribution >= 4 is 23.4 Å². The average molecular weight is 582 g/mol. The largest absolute Gasteiger partial charge is 0.451 e. The number of hydrogen-bond acceptors (Lipinski definition) is 11. The number of cyclic esters (lactones) is 1. The SMILES string of the molecule is CN(C)C12CC(C1)[C@H](c1noc(-c3cnc(Nc4ccc5c(c4)C(C)(C)OC5=O)nc3N[C@H](CO)c3ccccc3)n1)C2. The number of ether oxygens (including phenoxy) is 1. The number of esters is 1. The smallest absolute Gasteiger partial charge is 0.339 e. The van der Waals surface area contributed by atoms with Gasteiger partial charge in [0, 0.05) is 28.9 Å². The summed E-state index contributed by atoms with van der Waals surface area (Å²) in [7, 11) is 4.29. The molecule has 3 N–H and O–H groups in total. The third-order valence-electron chi connectivity index (χ3n) is 9.38. The van der Waals surface area contributed by atoms with E-state index in [4.69, 9.17) is 19.2 Å². The second-order valence-electron chi connectivity index (χ2n) is 12.6. The summed E-state index contributed by atoms with van der Waals surface area (Å²) in [5.41, 5.74) is 3.00. The zero-order chi connectivity index (χ0) is 29.9. The summed E-state index contributed by atoms with van der Waals surface area (Å²) in [6.45, 7) is 3.57. The van der Waals surface area contributed by atoms with Gasteiger partial charge >= 0.3 is 5.97 Å². The third-order valence-corrected chi connectivity index (χ3v) is 9.38. The number of aliphatic hydroxyl groups excluding tert-OH is 1.